The molecule has 2 nitrogen and oxygen atoms in total. The molecule has 0 saturated heterocycles. The molecule has 0 amide bonds. The molecular weight excluding hydrogens is 243 g/mol. The highest BCUT2D eigenvalue weighted by Gasteiger charge is 2.25. The largest absolute Gasteiger partial charge is 0.496 e. The van der Waals surface area contributed by atoms with E-state index in [1.165, 1.54) is 0 Å². The lowest BCUT2D eigenvalue weighted by atomic mass is 10.1. The number of benzene rings is 1. The highest BCUT2D eigenvalue weighted by molar-refractivity contribution is 5.37. The Morgan fingerprint density at radius 3 is 2.56 bits per heavy atom. The molecule has 0 radical (unpaired) electrons. The summed E-state index contributed by atoms with van der Waals surface area (Å²) in [6.07, 6.45) is -2.74. The topological polar surface area (TPSA) is 21.3 Å². The molecule has 0 atom stereocenters. The van der Waals surface area contributed by atoms with E-state index in [-0.39, 0.29) is 6.54 Å². The van der Waals surface area contributed by atoms with Crippen LogP contribution in [0.2, 0.25) is 0 Å². The van der Waals surface area contributed by atoms with Gasteiger partial charge in [0.15, 0.2) is 0 Å². The highest BCUT2D eigenvalue weighted by atomic mass is 19.4. The van der Waals surface area contributed by atoms with E-state index in [0.717, 1.165) is 23.3 Å². The Morgan fingerprint density at radius 2 is 2.00 bits per heavy atom. The molecule has 1 aromatic carbocycles. The number of ether oxygens (including phenoxy) is 1. The molecule has 0 aliphatic heterocycles. The molecular formula is C13H18F3NO. The van der Waals surface area contributed by atoms with Crippen molar-refractivity contribution in [2.45, 2.75) is 25.9 Å². The van der Waals surface area contributed by atoms with Gasteiger partial charge in [-0.15, -0.1) is 0 Å². The predicted molar refractivity (Wildman–Crippen MR) is 65.0 cm³/mol. The fraction of sp³-hybridized carbons (Fsp3) is 0.538. The molecule has 102 valence electrons. The summed E-state index contributed by atoms with van der Waals surface area (Å²) in [5, 5.41) is 2.38. The maximum Gasteiger partial charge on any atom is 0.401 e. The minimum atomic E-state index is -4.16. The van der Waals surface area contributed by atoms with Crippen LogP contribution in [0, 0.1) is 0 Å². The maximum atomic E-state index is 12.0. The summed E-state index contributed by atoms with van der Waals surface area (Å²) in [7, 11) is 1.56. The van der Waals surface area contributed by atoms with Crippen molar-refractivity contribution in [2.24, 2.45) is 0 Å². The average molecular weight is 261 g/mol. The molecule has 0 spiro atoms. The molecule has 0 heterocycles. The molecule has 0 fully saturated rings. The van der Waals surface area contributed by atoms with Gasteiger partial charge in [-0.25, -0.2) is 0 Å². The molecule has 0 bridgehead atoms. The minimum absolute atomic E-state index is 0.281. The standard InChI is InChI=1S/C13H18F3NO/c1-3-10-4-5-12(18-2)11(8-10)6-7-17-9-13(14,15)16/h4-5,8,17H,3,6-7,9H2,1-2H3. The number of aryl methyl sites for hydroxylation is 1. The van der Waals surface area contributed by atoms with Crippen molar-refractivity contribution in [3.63, 3.8) is 0 Å². The SMILES string of the molecule is CCc1ccc(OC)c(CCNCC(F)(F)F)c1. The Balaban J connectivity index is 2.54. The van der Waals surface area contributed by atoms with E-state index in [9.17, 15) is 13.2 Å². The van der Waals surface area contributed by atoms with Crippen molar-refractivity contribution in [1.82, 2.24) is 5.32 Å². The van der Waals surface area contributed by atoms with Gasteiger partial charge in [-0.05, 0) is 36.6 Å². The lowest BCUT2D eigenvalue weighted by molar-refractivity contribution is -0.124. The number of alkyl halides is 3. The second-order valence-corrected chi connectivity index (χ2v) is 4.04. The lowest BCUT2D eigenvalue weighted by Crippen LogP contribution is -2.30. The van der Waals surface area contributed by atoms with Gasteiger partial charge < -0.3 is 10.1 Å². The van der Waals surface area contributed by atoms with Crippen LogP contribution in [0.15, 0.2) is 18.2 Å². The normalized spacial score (nSPS) is 11.6. The summed E-state index contributed by atoms with van der Waals surface area (Å²) in [5.41, 5.74) is 2.09. The third-order valence-electron chi connectivity index (χ3n) is 2.65. The molecule has 1 rings (SSSR count). The highest BCUT2D eigenvalue weighted by Crippen LogP contribution is 2.20. The van der Waals surface area contributed by atoms with E-state index < -0.39 is 12.7 Å². The van der Waals surface area contributed by atoms with Crippen molar-refractivity contribution in [2.75, 3.05) is 20.2 Å². The van der Waals surface area contributed by atoms with Gasteiger partial charge in [0, 0.05) is 0 Å². The number of halogens is 3. The molecule has 18 heavy (non-hydrogen) atoms. The van der Waals surface area contributed by atoms with Crippen LogP contribution in [-0.4, -0.2) is 26.4 Å². The minimum Gasteiger partial charge on any atom is -0.496 e. The third kappa shape index (κ3) is 4.96. The predicted octanol–water partition coefficient (Wildman–Crippen LogP) is 2.95. The Kier molecular flexibility index (Phi) is 5.47. The van der Waals surface area contributed by atoms with Gasteiger partial charge in [-0.3, -0.25) is 0 Å². The van der Waals surface area contributed by atoms with Crippen LogP contribution < -0.4 is 10.1 Å². The van der Waals surface area contributed by atoms with Crippen LogP contribution in [0.3, 0.4) is 0 Å². The Morgan fingerprint density at radius 1 is 1.28 bits per heavy atom. The van der Waals surface area contributed by atoms with Gasteiger partial charge in [0.2, 0.25) is 0 Å². The van der Waals surface area contributed by atoms with Crippen LogP contribution in [0.25, 0.3) is 0 Å². The van der Waals surface area contributed by atoms with Crippen LogP contribution in [-0.2, 0) is 12.8 Å². The summed E-state index contributed by atoms with van der Waals surface area (Å²) >= 11 is 0. The first-order valence-electron chi connectivity index (χ1n) is 5.89. The average Bonchev–Trinajstić information content (AvgIpc) is 2.33. The van der Waals surface area contributed by atoms with Crippen molar-refractivity contribution < 1.29 is 17.9 Å². The van der Waals surface area contributed by atoms with Gasteiger partial charge in [0.25, 0.3) is 0 Å². The van der Waals surface area contributed by atoms with Crippen LogP contribution in [0.5, 0.6) is 5.75 Å². The zero-order valence-corrected chi connectivity index (χ0v) is 10.6. The van der Waals surface area contributed by atoms with Gasteiger partial charge in [-0.2, -0.15) is 13.2 Å². The van der Waals surface area contributed by atoms with E-state index >= 15 is 0 Å². The molecule has 0 saturated carbocycles. The lowest BCUT2D eigenvalue weighted by Gasteiger charge is -2.12. The molecule has 1 aromatic rings. The van der Waals surface area contributed by atoms with Crippen molar-refractivity contribution >= 4 is 0 Å². The van der Waals surface area contributed by atoms with E-state index in [2.05, 4.69) is 5.32 Å². The molecule has 5 heteroatoms. The molecule has 0 aliphatic carbocycles. The monoisotopic (exact) mass is 261 g/mol. The maximum absolute atomic E-state index is 12.0. The summed E-state index contributed by atoms with van der Waals surface area (Å²) in [6, 6.07) is 5.80. The summed E-state index contributed by atoms with van der Waals surface area (Å²) in [5.74, 6) is 0.723. The molecule has 0 aliphatic rings. The zero-order valence-electron chi connectivity index (χ0n) is 10.6. The first-order chi connectivity index (χ1) is 8.46. The van der Waals surface area contributed by atoms with E-state index in [1.54, 1.807) is 7.11 Å². The third-order valence-corrected chi connectivity index (χ3v) is 2.65. The fourth-order valence-corrected chi connectivity index (χ4v) is 1.70. The van der Waals surface area contributed by atoms with E-state index in [0.29, 0.717) is 6.42 Å². The van der Waals surface area contributed by atoms with Crippen molar-refractivity contribution in [3.05, 3.63) is 29.3 Å². The fourth-order valence-electron chi connectivity index (χ4n) is 1.70. The van der Waals surface area contributed by atoms with Crippen LogP contribution >= 0.6 is 0 Å². The van der Waals surface area contributed by atoms with E-state index in [1.807, 2.05) is 25.1 Å². The van der Waals surface area contributed by atoms with Crippen molar-refractivity contribution in [1.29, 1.82) is 0 Å². The van der Waals surface area contributed by atoms with Gasteiger partial charge in [-0.1, -0.05) is 19.1 Å². The smallest absolute Gasteiger partial charge is 0.401 e. The molecule has 0 aromatic heterocycles. The van der Waals surface area contributed by atoms with Gasteiger partial charge in [0.05, 0.1) is 13.7 Å². The molecule has 1 N–H and O–H groups in total. The zero-order chi connectivity index (χ0) is 13.6. The number of methoxy groups -OCH3 is 1. The van der Waals surface area contributed by atoms with Crippen molar-refractivity contribution in [3.8, 4) is 5.75 Å². The number of nitrogens with one attached hydrogen (secondary N) is 1. The van der Waals surface area contributed by atoms with Crippen LogP contribution in [0.4, 0.5) is 13.2 Å². The number of hydrogen-bond donors (Lipinski definition) is 1. The van der Waals surface area contributed by atoms with Gasteiger partial charge in [0.1, 0.15) is 5.75 Å². The number of hydrogen-bond acceptors (Lipinski definition) is 2. The molecule has 0 unspecified atom stereocenters. The second kappa shape index (κ2) is 6.64. The Bertz CT molecular complexity index is 377. The summed E-state index contributed by atoms with van der Waals surface area (Å²) in [6.45, 7) is 1.36. The quantitative estimate of drug-likeness (QED) is 0.795. The number of rotatable bonds is 6. The van der Waals surface area contributed by atoms with E-state index in [4.69, 9.17) is 4.74 Å². The summed E-state index contributed by atoms with van der Waals surface area (Å²) in [4.78, 5) is 0. The summed E-state index contributed by atoms with van der Waals surface area (Å²) < 4.78 is 41.1. The Labute approximate surface area is 105 Å². The first-order valence-corrected chi connectivity index (χ1v) is 5.89. The Hall–Kier alpha value is -1.23. The second-order valence-electron chi connectivity index (χ2n) is 4.04. The van der Waals surface area contributed by atoms with Gasteiger partial charge >= 0.3 is 6.18 Å². The van der Waals surface area contributed by atoms with Crippen LogP contribution in [0.1, 0.15) is 18.1 Å². The first kappa shape index (κ1) is 14.8.